The lowest BCUT2D eigenvalue weighted by Gasteiger charge is -2.22. The zero-order valence-electron chi connectivity index (χ0n) is 10.7. The van der Waals surface area contributed by atoms with Crippen LogP contribution in [-0.2, 0) is 4.74 Å². The Hall–Kier alpha value is -0.0800. The van der Waals surface area contributed by atoms with Crippen LogP contribution in [0.15, 0.2) is 0 Å². The van der Waals surface area contributed by atoms with Crippen LogP contribution in [-0.4, -0.2) is 37.7 Å². The summed E-state index contributed by atoms with van der Waals surface area (Å²) >= 11 is 0. The molecule has 2 nitrogen and oxygen atoms in total. The van der Waals surface area contributed by atoms with E-state index in [1.807, 2.05) is 0 Å². The highest BCUT2D eigenvalue weighted by molar-refractivity contribution is 4.67. The molecule has 0 amide bonds. The van der Waals surface area contributed by atoms with Gasteiger partial charge in [0, 0.05) is 13.2 Å². The minimum Gasteiger partial charge on any atom is -0.380 e. The number of hydrogen-bond donors (Lipinski definition) is 0. The van der Waals surface area contributed by atoms with Crippen molar-refractivity contribution < 1.29 is 4.74 Å². The van der Waals surface area contributed by atoms with Crippen LogP contribution in [0.1, 0.15) is 46.5 Å². The predicted molar refractivity (Wildman–Crippen MR) is 65.2 cm³/mol. The van der Waals surface area contributed by atoms with Crippen molar-refractivity contribution in [1.82, 2.24) is 4.90 Å². The molecule has 1 aliphatic rings. The molecule has 1 rings (SSSR count). The lowest BCUT2D eigenvalue weighted by molar-refractivity contribution is 0.0864. The van der Waals surface area contributed by atoms with Crippen molar-refractivity contribution in [3.8, 4) is 0 Å². The van der Waals surface area contributed by atoms with Gasteiger partial charge >= 0.3 is 0 Å². The zero-order chi connectivity index (χ0) is 11.1. The molecule has 0 spiro atoms. The molecule has 0 aromatic rings. The molecule has 0 N–H and O–H groups in total. The van der Waals surface area contributed by atoms with Crippen molar-refractivity contribution >= 4 is 0 Å². The van der Waals surface area contributed by atoms with Crippen molar-refractivity contribution in [2.75, 3.05) is 32.8 Å². The smallest absolute Gasteiger partial charge is 0.0593 e. The number of ether oxygens (including phenoxy) is 1. The third-order valence-electron chi connectivity index (χ3n) is 3.63. The fraction of sp³-hybridized carbons (Fsp3) is 1.00. The highest BCUT2D eigenvalue weighted by Crippen LogP contribution is 2.23. The van der Waals surface area contributed by atoms with Crippen LogP contribution in [0.5, 0.6) is 0 Å². The van der Waals surface area contributed by atoms with Gasteiger partial charge < -0.3 is 9.64 Å². The van der Waals surface area contributed by atoms with Gasteiger partial charge in [0.1, 0.15) is 0 Å². The van der Waals surface area contributed by atoms with E-state index in [0.29, 0.717) is 5.41 Å². The molecule has 0 aliphatic carbocycles. The molecule has 15 heavy (non-hydrogen) atoms. The second-order valence-electron chi connectivity index (χ2n) is 5.43. The topological polar surface area (TPSA) is 12.5 Å². The van der Waals surface area contributed by atoms with Gasteiger partial charge in [-0.1, -0.05) is 27.2 Å². The average molecular weight is 213 g/mol. The Balaban J connectivity index is 1.92. The molecule has 0 atom stereocenters. The number of likely N-dealkylation sites (tertiary alicyclic amines) is 1. The summed E-state index contributed by atoms with van der Waals surface area (Å²) in [6.45, 7) is 12.4. The summed E-state index contributed by atoms with van der Waals surface area (Å²) in [5.41, 5.74) is 0.452. The van der Waals surface area contributed by atoms with Crippen molar-refractivity contribution in [1.29, 1.82) is 0 Å². The lowest BCUT2D eigenvalue weighted by Crippen LogP contribution is -2.24. The van der Waals surface area contributed by atoms with E-state index in [4.69, 9.17) is 4.74 Å². The molecule has 0 saturated carbocycles. The maximum Gasteiger partial charge on any atom is 0.0593 e. The average Bonchev–Trinajstić information content (AvgIpc) is 2.70. The van der Waals surface area contributed by atoms with Crippen LogP contribution in [0.2, 0.25) is 0 Å². The van der Waals surface area contributed by atoms with Crippen LogP contribution in [0.25, 0.3) is 0 Å². The first kappa shape index (κ1) is 13.0. The minimum absolute atomic E-state index is 0.452. The van der Waals surface area contributed by atoms with E-state index in [1.165, 1.54) is 38.8 Å². The van der Waals surface area contributed by atoms with E-state index in [0.717, 1.165) is 19.8 Å². The van der Waals surface area contributed by atoms with Crippen LogP contribution in [0.3, 0.4) is 0 Å². The fourth-order valence-electron chi connectivity index (χ4n) is 1.83. The second-order valence-corrected chi connectivity index (χ2v) is 5.43. The summed E-state index contributed by atoms with van der Waals surface area (Å²) in [7, 11) is 0. The van der Waals surface area contributed by atoms with Gasteiger partial charge in [-0.15, -0.1) is 0 Å². The number of rotatable bonds is 7. The lowest BCUT2D eigenvalue weighted by atomic mass is 9.87. The normalized spacial score (nSPS) is 18.6. The maximum atomic E-state index is 5.69. The monoisotopic (exact) mass is 213 g/mol. The maximum absolute atomic E-state index is 5.69. The molecule has 0 radical (unpaired) electrons. The van der Waals surface area contributed by atoms with E-state index in [1.54, 1.807) is 0 Å². The molecule has 0 aromatic heterocycles. The first-order chi connectivity index (χ1) is 7.14. The van der Waals surface area contributed by atoms with Crippen molar-refractivity contribution in [3.05, 3.63) is 0 Å². The molecule has 1 heterocycles. The van der Waals surface area contributed by atoms with Gasteiger partial charge in [0.15, 0.2) is 0 Å². The summed E-state index contributed by atoms with van der Waals surface area (Å²) in [6.07, 6.45) is 5.18. The first-order valence-corrected chi connectivity index (χ1v) is 6.44. The van der Waals surface area contributed by atoms with Gasteiger partial charge in [-0.25, -0.2) is 0 Å². The van der Waals surface area contributed by atoms with Gasteiger partial charge in [0.05, 0.1) is 6.61 Å². The minimum atomic E-state index is 0.452. The van der Waals surface area contributed by atoms with E-state index in [2.05, 4.69) is 25.7 Å². The Bertz CT molecular complexity index is 162. The third kappa shape index (κ3) is 5.53. The van der Waals surface area contributed by atoms with E-state index in [9.17, 15) is 0 Å². The molecule has 2 heteroatoms. The van der Waals surface area contributed by atoms with Crippen LogP contribution < -0.4 is 0 Å². The summed E-state index contributed by atoms with van der Waals surface area (Å²) < 4.78 is 5.69. The summed E-state index contributed by atoms with van der Waals surface area (Å²) in [6, 6.07) is 0. The molecule has 0 unspecified atom stereocenters. The van der Waals surface area contributed by atoms with Crippen LogP contribution in [0, 0.1) is 5.41 Å². The number of hydrogen-bond acceptors (Lipinski definition) is 2. The van der Waals surface area contributed by atoms with Crippen molar-refractivity contribution in [3.63, 3.8) is 0 Å². The van der Waals surface area contributed by atoms with Gasteiger partial charge in [-0.2, -0.15) is 0 Å². The van der Waals surface area contributed by atoms with Crippen LogP contribution >= 0.6 is 0 Å². The number of nitrogens with zero attached hydrogens (tertiary/aromatic N) is 1. The Morgan fingerprint density at radius 1 is 1.13 bits per heavy atom. The highest BCUT2D eigenvalue weighted by atomic mass is 16.5. The third-order valence-corrected chi connectivity index (χ3v) is 3.63. The van der Waals surface area contributed by atoms with Crippen molar-refractivity contribution in [2.24, 2.45) is 5.41 Å². The zero-order valence-corrected chi connectivity index (χ0v) is 10.7. The fourth-order valence-corrected chi connectivity index (χ4v) is 1.83. The van der Waals surface area contributed by atoms with Crippen molar-refractivity contribution in [2.45, 2.75) is 46.5 Å². The molecular weight excluding hydrogens is 186 g/mol. The van der Waals surface area contributed by atoms with Gasteiger partial charge in [0.25, 0.3) is 0 Å². The molecule has 1 saturated heterocycles. The highest BCUT2D eigenvalue weighted by Gasteiger charge is 2.14. The second kappa shape index (κ2) is 6.49. The summed E-state index contributed by atoms with van der Waals surface area (Å²) in [5, 5.41) is 0. The molecule has 1 aliphatic heterocycles. The Morgan fingerprint density at radius 3 is 2.40 bits per heavy atom. The molecule has 90 valence electrons. The Morgan fingerprint density at radius 2 is 1.80 bits per heavy atom. The van der Waals surface area contributed by atoms with Gasteiger partial charge in [-0.3, -0.25) is 0 Å². The van der Waals surface area contributed by atoms with Crippen LogP contribution in [0.4, 0.5) is 0 Å². The first-order valence-electron chi connectivity index (χ1n) is 6.44. The van der Waals surface area contributed by atoms with Gasteiger partial charge in [-0.05, 0) is 37.8 Å². The molecule has 1 fully saturated rings. The molecular formula is C13H27NO. The predicted octanol–water partition coefficient (Wildman–Crippen LogP) is 2.93. The van der Waals surface area contributed by atoms with E-state index in [-0.39, 0.29) is 0 Å². The summed E-state index contributed by atoms with van der Waals surface area (Å²) in [4.78, 5) is 2.50. The standard InChI is InChI=1S/C13H27NO/c1-4-13(2,3)7-11-15-12-10-14-8-5-6-9-14/h4-12H2,1-3H3. The molecule has 0 bridgehead atoms. The Kier molecular flexibility index (Phi) is 5.62. The van der Waals surface area contributed by atoms with E-state index >= 15 is 0 Å². The summed E-state index contributed by atoms with van der Waals surface area (Å²) in [5.74, 6) is 0. The molecule has 0 aromatic carbocycles. The SMILES string of the molecule is CCC(C)(C)CCOCCN1CCCC1. The van der Waals surface area contributed by atoms with Gasteiger partial charge in [0.2, 0.25) is 0 Å². The quantitative estimate of drug-likeness (QED) is 0.603. The van der Waals surface area contributed by atoms with E-state index < -0.39 is 0 Å². The Labute approximate surface area is 95.0 Å². The largest absolute Gasteiger partial charge is 0.380 e.